The smallest absolute Gasteiger partial charge is 0.187 e. The van der Waals surface area contributed by atoms with Crippen LogP contribution in [0.3, 0.4) is 0 Å². The third kappa shape index (κ3) is 9.49. The zero-order chi connectivity index (χ0) is 52.2. The SMILES string of the molecule is C[C@@H]1CC[C@@]2(OC1)O[C@H]1C[C@H]3[C@@H]4CC[C@H]5C[C@@H](O[C@@H]6O[C@H](CO)[C@H](O[C@@H]7O[C@H](CO)[C@@H](O)[C@H](O[C@@H]8OC[C@@H](O)[C@H](O)[C@H]8O)[C@H]7O[C@@H]7O[C@H](CO)[C@@H](O)[C@H](O)[C@H]7O)[C@H](O)[C@H]6O)[C@H](O)C[C@]5(C)[C@H]4CC[C@]3(C)[C@H]1[C@@H]2C. The van der Waals surface area contributed by atoms with Crippen molar-refractivity contribution in [2.75, 3.05) is 33.0 Å². The summed E-state index contributed by atoms with van der Waals surface area (Å²) in [4.78, 5) is 0. The minimum atomic E-state index is -2.02. The number of hydrogen-bond donors (Lipinski definition) is 13. The summed E-state index contributed by atoms with van der Waals surface area (Å²) in [6, 6.07) is 0. The first-order valence-electron chi connectivity index (χ1n) is 26.8. The monoisotopic (exact) mass is 1050 g/mol. The van der Waals surface area contributed by atoms with Crippen LogP contribution >= 0.6 is 0 Å². The van der Waals surface area contributed by atoms with Gasteiger partial charge in [-0.1, -0.05) is 27.7 Å². The molecule has 23 nitrogen and oxygen atoms in total. The molecule has 10 aliphatic rings. The van der Waals surface area contributed by atoms with Crippen LogP contribution < -0.4 is 0 Å². The van der Waals surface area contributed by atoms with E-state index in [1.165, 1.54) is 0 Å². The van der Waals surface area contributed by atoms with Gasteiger partial charge in [0.15, 0.2) is 30.9 Å². The average molecular weight is 1050 g/mol. The van der Waals surface area contributed by atoms with Gasteiger partial charge in [0.2, 0.25) is 0 Å². The van der Waals surface area contributed by atoms with E-state index >= 15 is 0 Å². The van der Waals surface area contributed by atoms with Gasteiger partial charge >= 0.3 is 0 Å². The fourth-order valence-corrected chi connectivity index (χ4v) is 15.9. The van der Waals surface area contributed by atoms with Crippen molar-refractivity contribution in [2.45, 2.75) is 226 Å². The highest BCUT2D eigenvalue weighted by Gasteiger charge is 2.70. The number of ether oxygens (including phenoxy) is 10. The van der Waals surface area contributed by atoms with Crippen LogP contribution in [0.5, 0.6) is 0 Å². The summed E-state index contributed by atoms with van der Waals surface area (Å²) in [5.41, 5.74) is -0.0565. The molecule has 0 aromatic rings. The summed E-state index contributed by atoms with van der Waals surface area (Å²) < 4.78 is 61.1. The molecule has 6 aliphatic heterocycles. The van der Waals surface area contributed by atoms with E-state index < -0.39 is 161 Å². The average Bonchev–Trinajstić information content (AvgIpc) is 3.82. The highest BCUT2D eigenvalue weighted by molar-refractivity contribution is 5.16. The van der Waals surface area contributed by atoms with E-state index in [0.29, 0.717) is 48.3 Å². The Hall–Kier alpha value is -0.920. The van der Waals surface area contributed by atoms with E-state index in [9.17, 15) is 66.4 Å². The lowest BCUT2D eigenvalue weighted by Crippen LogP contribution is -2.68. The minimum Gasteiger partial charge on any atom is -0.394 e. The van der Waals surface area contributed by atoms with Gasteiger partial charge in [0.05, 0.1) is 51.3 Å². The zero-order valence-corrected chi connectivity index (χ0v) is 42.0. The van der Waals surface area contributed by atoms with Gasteiger partial charge in [-0.15, -0.1) is 0 Å². The Morgan fingerprint density at radius 1 is 0.521 bits per heavy atom. The van der Waals surface area contributed by atoms with Crippen LogP contribution in [0.25, 0.3) is 0 Å². The molecule has 6 saturated heterocycles. The lowest BCUT2D eigenvalue weighted by atomic mass is 9.44. The summed E-state index contributed by atoms with van der Waals surface area (Å²) in [5.74, 6) is 2.34. The van der Waals surface area contributed by atoms with Crippen molar-refractivity contribution in [3.8, 4) is 0 Å². The number of aliphatic hydroxyl groups excluding tert-OH is 13. The number of aliphatic hydroxyl groups is 13. The molecule has 23 heteroatoms. The number of fused-ring (bicyclic) bond motifs is 7. The molecule has 73 heavy (non-hydrogen) atoms. The summed E-state index contributed by atoms with van der Waals surface area (Å²) in [5, 5.41) is 141. The Balaban J connectivity index is 0.824. The highest BCUT2D eigenvalue weighted by atomic mass is 16.8. The topological polar surface area (TPSA) is 355 Å². The first kappa shape index (κ1) is 55.4. The maximum atomic E-state index is 12.0. The molecule has 420 valence electrons. The van der Waals surface area contributed by atoms with Gasteiger partial charge in [0.1, 0.15) is 91.6 Å². The molecule has 0 aromatic carbocycles. The second-order valence-corrected chi connectivity index (χ2v) is 24.0. The Morgan fingerprint density at radius 2 is 1.15 bits per heavy atom. The first-order valence-corrected chi connectivity index (χ1v) is 26.8. The molecule has 4 aliphatic carbocycles. The molecule has 1 spiro atoms. The summed E-state index contributed by atoms with van der Waals surface area (Å²) in [6.07, 6.45) is -27.2. The predicted octanol–water partition coefficient (Wildman–Crippen LogP) is -3.30. The van der Waals surface area contributed by atoms with Gasteiger partial charge in [0, 0.05) is 12.3 Å². The Bertz CT molecular complexity index is 1860. The van der Waals surface area contributed by atoms with Crippen molar-refractivity contribution in [1.82, 2.24) is 0 Å². The van der Waals surface area contributed by atoms with Gasteiger partial charge < -0.3 is 114 Å². The third-order valence-corrected chi connectivity index (χ3v) is 20.0. The van der Waals surface area contributed by atoms with Crippen LogP contribution in [0.1, 0.15) is 85.5 Å². The van der Waals surface area contributed by atoms with E-state index in [1.54, 1.807) is 0 Å². The van der Waals surface area contributed by atoms with E-state index in [1.807, 2.05) is 0 Å². The van der Waals surface area contributed by atoms with Crippen LogP contribution in [-0.2, 0) is 47.4 Å². The fourth-order valence-electron chi connectivity index (χ4n) is 15.9. The second-order valence-electron chi connectivity index (χ2n) is 24.0. The number of rotatable bonds is 11. The normalized spacial score (nSPS) is 58.2. The minimum absolute atomic E-state index is 0.130. The number of hydrogen-bond acceptors (Lipinski definition) is 23. The van der Waals surface area contributed by atoms with E-state index in [2.05, 4.69) is 27.7 Å². The van der Waals surface area contributed by atoms with Crippen molar-refractivity contribution in [3.63, 3.8) is 0 Å². The molecule has 32 atom stereocenters. The molecule has 0 radical (unpaired) electrons. The molecule has 4 saturated carbocycles. The Kier molecular flexibility index (Phi) is 16.1. The van der Waals surface area contributed by atoms with Crippen molar-refractivity contribution in [2.24, 2.45) is 52.3 Å². The molecule has 13 N–H and O–H groups in total. The molecule has 6 heterocycles. The lowest BCUT2D eigenvalue weighted by Gasteiger charge is -2.62. The van der Waals surface area contributed by atoms with E-state index in [-0.39, 0.29) is 22.9 Å². The molecule has 10 rings (SSSR count). The Morgan fingerprint density at radius 3 is 1.85 bits per heavy atom. The van der Waals surface area contributed by atoms with Gasteiger partial charge in [-0.25, -0.2) is 0 Å². The molecule has 0 amide bonds. The van der Waals surface area contributed by atoms with Gasteiger partial charge in [-0.3, -0.25) is 0 Å². The van der Waals surface area contributed by atoms with Crippen LogP contribution in [0, 0.1) is 52.3 Å². The Labute approximate surface area is 424 Å². The standard InChI is InChI=1S/C50H82O23/c1-19-7-10-50(65-17-19)20(2)32-28(73-50)12-24-22-6-5-21-11-27(25(54)13-49(21,4)23(22)8-9-48(24,32)3)66-45-40(63)37(60)41(31(16-53)69-45)70-47-43(72-46-39(62)36(59)34(57)29(14-51)67-46)42(35(58)30(15-52)68-47)71-44-38(61)33(56)26(55)18-64-44/h19-47,51-63H,5-18H2,1-4H3/t19-,20+,21+,22-,23+,24+,25-,26-,27-,28+,29-,30-,31-,32+,33+,34-,35-,36+,37-,38-,39-,40-,41+,42+,43-,44+,45-,46+,47+,48+,49+,50-/m1/s1. The summed E-state index contributed by atoms with van der Waals surface area (Å²) >= 11 is 0. The van der Waals surface area contributed by atoms with Crippen molar-refractivity contribution in [3.05, 3.63) is 0 Å². The molecule has 0 unspecified atom stereocenters. The van der Waals surface area contributed by atoms with Crippen molar-refractivity contribution >= 4 is 0 Å². The predicted molar refractivity (Wildman–Crippen MR) is 244 cm³/mol. The van der Waals surface area contributed by atoms with Crippen molar-refractivity contribution < 1.29 is 114 Å². The van der Waals surface area contributed by atoms with Crippen LogP contribution in [-0.4, -0.2) is 240 Å². The van der Waals surface area contributed by atoms with Gasteiger partial charge in [0.25, 0.3) is 0 Å². The van der Waals surface area contributed by atoms with Gasteiger partial charge in [-0.2, -0.15) is 0 Å². The van der Waals surface area contributed by atoms with Crippen LogP contribution in [0.2, 0.25) is 0 Å². The second kappa shape index (κ2) is 21.3. The molecule has 10 fully saturated rings. The summed E-state index contributed by atoms with van der Waals surface area (Å²) in [7, 11) is 0. The lowest BCUT2D eigenvalue weighted by molar-refractivity contribution is -0.404. The molecular weight excluding hydrogens is 969 g/mol. The molecule has 0 aromatic heterocycles. The largest absolute Gasteiger partial charge is 0.394 e. The van der Waals surface area contributed by atoms with Gasteiger partial charge in [-0.05, 0) is 97.7 Å². The third-order valence-electron chi connectivity index (χ3n) is 20.0. The fraction of sp³-hybridized carbons (Fsp3) is 1.00. The van der Waals surface area contributed by atoms with E-state index in [4.69, 9.17) is 47.4 Å². The first-order chi connectivity index (χ1) is 34.7. The van der Waals surface area contributed by atoms with Crippen molar-refractivity contribution in [1.29, 1.82) is 0 Å². The molecular formula is C50H82O23. The maximum absolute atomic E-state index is 12.0. The van der Waals surface area contributed by atoms with E-state index in [0.717, 1.165) is 51.6 Å². The van der Waals surface area contributed by atoms with Crippen LogP contribution in [0.4, 0.5) is 0 Å². The van der Waals surface area contributed by atoms with Crippen LogP contribution in [0.15, 0.2) is 0 Å². The highest BCUT2D eigenvalue weighted by Crippen LogP contribution is 2.71. The quantitative estimate of drug-likeness (QED) is 0.0902. The maximum Gasteiger partial charge on any atom is 0.187 e. The molecule has 0 bridgehead atoms. The zero-order valence-electron chi connectivity index (χ0n) is 42.0. The summed E-state index contributed by atoms with van der Waals surface area (Å²) in [6.45, 7) is 7.02.